The molecule has 1 aromatic carbocycles. The highest BCUT2D eigenvalue weighted by Gasteiger charge is 2.22. The maximum absolute atomic E-state index is 12.0. The second-order valence-electron chi connectivity index (χ2n) is 3.12. The molecule has 0 heterocycles. The van der Waals surface area contributed by atoms with E-state index in [2.05, 4.69) is 0 Å². The summed E-state index contributed by atoms with van der Waals surface area (Å²) in [6.07, 6.45) is -3.00. The van der Waals surface area contributed by atoms with Gasteiger partial charge < -0.3 is 5.11 Å². The Kier molecular flexibility index (Phi) is 4.05. The smallest absolute Gasteiger partial charge is 0.337 e. The minimum absolute atomic E-state index is 0.289. The summed E-state index contributed by atoms with van der Waals surface area (Å²) in [5.74, 6) is -2.65. The SMILES string of the molecule is O=C(O)c1ccc(S(=O)(=O)CC(F)F)cc1Cl. The third-order valence-electron chi connectivity index (χ3n) is 1.88. The molecule has 1 aromatic rings. The Morgan fingerprint density at radius 3 is 2.41 bits per heavy atom. The van der Waals surface area contributed by atoms with Gasteiger partial charge in [0.25, 0.3) is 6.43 Å². The Morgan fingerprint density at radius 2 is 2.00 bits per heavy atom. The normalized spacial score (nSPS) is 11.8. The van der Waals surface area contributed by atoms with E-state index in [-0.39, 0.29) is 10.6 Å². The number of hydrogen-bond donors (Lipinski definition) is 1. The van der Waals surface area contributed by atoms with Crippen LogP contribution in [-0.4, -0.2) is 31.7 Å². The first-order valence-electron chi connectivity index (χ1n) is 4.28. The zero-order chi connectivity index (χ0) is 13.2. The van der Waals surface area contributed by atoms with Gasteiger partial charge in [-0.15, -0.1) is 0 Å². The van der Waals surface area contributed by atoms with E-state index in [0.717, 1.165) is 18.2 Å². The maximum atomic E-state index is 12.0. The van der Waals surface area contributed by atoms with Gasteiger partial charge in [-0.25, -0.2) is 22.0 Å². The van der Waals surface area contributed by atoms with Crippen LogP contribution in [-0.2, 0) is 9.84 Å². The van der Waals surface area contributed by atoms with Crippen LogP contribution in [0.5, 0.6) is 0 Å². The van der Waals surface area contributed by atoms with Gasteiger partial charge in [0.05, 0.1) is 15.5 Å². The lowest BCUT2D eigenvalue weighted by molar-refractivity contribution is 0.0697. The molecule has 0 saturated carbocycles. The van der Waals surface area contributed by atoms with Crippen molar-refractivity contribution in [3.05, 3.63) is 28.8 Å². The quantitative estimate of drug-likeness (QED) is 0.919. The molecule has 94 valence electrons. The van der Waals surface area contributed by atoms with Crippen molar-refractivity contribution in [3.8, 4) is 0 Å². The average molecular weight is 285 g/mol. The second-order valence-corrected chi connectivity index (χ2v) is 5.56. The molecule has 0 aromatic heterocycles. The highest BCUT2D eigenvalue weighted by atomic mass is 35.5. The fourth-order valence-corrected chi connectivity index (χ4v) is 2.55. The van der Waals surface area contributed by atoms with Crippen LogP contribution in [0.15, 0.2) is 23.1 Å². The molecule has 0 saturated heterocycles. The van der Waals surface area contributed by atoms with E-state index in [1.807, 2.05) is 0 Å². The van der Waals surface area contributed by atoms with Crippen molar-refractivity contribution in [1.29, 1.82) is 0 Å². The predicted molar refractivity (Wildman–Crippen MR) is 56.5 cm³/mol. The van der Waals surface area contributed by atoms with E-state index in [0.29, 0.717) is 0 Å². The van der Waals surface area contributed by atoms with Crippen molar-refractivity contribution in [2.45, 2.75) is 11.3 Å². The fourth-order valence-electron chi connectivity index (χ4n) is 1.12. The van der Waals surface area contributed by atoms with Crippen LogP contribution in [0.1, 0.15) is 10.4 Å². The molecule has 0 aliphatic heterocycles. The summed E-state index contributed by atoms with van der Waals surface area (Å²) in [6, 6.07) is 2.75. The Labute approximate surface area is 101 Å². The number of carboxylic acids is 1. The van der Waals surface area contributed by atoms with Gasteiger partial charge in [-0.3, -0.25) is 0 Å². The Hall–Kier alpha value is -1.21. The van der Waals surface area contributed by atoms with E-state index < -0.39 is 32.9 Å². The number of benzene rings is 1. The molecule has 17 heavy (non-hydrogen) atoms. The third-order valence-corrected chi connectivity index (χ3v) is 3.85. The molecular formula is C9H7ClF2O4S. The molecule has 8 heteroatoms. The second kappa shape index (κ2) is 4.97. The third kappa shape index (κ3) is 3.37. The van der Waals surface area contributed by atoms with Crippen LogP contribution in [0, 0.1) is 0 Å². The number of sulfone groups is 1. The Morgan fingerprint density at radius 1 is 1.41 bits per heavy atom. The first kappa shape index (κ1) is 13.9. The molecule has 0 radical (unpaired) electrons. The lowest BCUT2D eigenvalue weighted by Gasteiger charge is -2.05. The van der Waals surface area contributed by atoms with Gasteiger partial charge >= 0.3 is 5.97 Å². The fraction of sp³-hybridized carbons (Fsp3) is 0.222. The summed E-state index contributed by atoms with van der Waals surface area (Å²) in [4.78, 5) is 10.2. The van der Waals surface area contributed by atoms with E-state index >= 15 is 0 Å². The molecule has 1 rings (SSSR count). The molecule has 4 nitrogen and oxygen atoms in total. The maximum Gasteiger partial charge on any atom is 0.337 e. The van der Waals surface area contributed by atoms with Crippen molar-refractivity contribution in [2.24, 2.45) is 0 Å². The number of carbonyl (C=O) groups is 1. The van der Waals surface area contributed by atoms with Crippen LogP contribution in [0.3, 0.4) is 0 Å². The van der Waals surface area contributed by atoms with Gasteiger partial charge in [0.1, 0.15) is 5.75 Å². The number of carboxylic acid groups (broad SMARTS) is 1. The summed E-state index contributed by atoms with van der Waals surface area (Å²) in [6.45, 7) is 0. The van der Waals surface area contributed by atoms with Crippen molar-refractivity contribution in [1.82, 2.24) is 0 Å². The largest absolute Gasteiger partial charge is 0.478 e. The minimum Gasteiger partial charge on any atom is -0.478 e. The van der Waals surface area contributed by atoms with Crippen LogP contribution in [0.2, 0.25) is 5.02 Å². The summed E-state index contributed by atoms with van der Waals surface area (Å²) in [5, 5.41) is 8.34. The standard InChI is InChI=1S/C9H7ClF2O4S/c10-7-3-5(1-2-6(7)9(13)14)17(15,16)4-8(11)12/h1-3,8H,4H2,(H,13,14). The van der Waals surface area contributed by atoms with Gasteiger partial charge in [-0.2, -0.15) is 0 Å². The number of halogens is 3. The molecule has 1 N–H and O–H groups in total. The van der Waals surface area contributed by atoms with Gasteiger partial charge in [0, 0.05) is 0 Å². The predicted octanol–water partition coefficient (Wildman–Crippen LogP) is 2.08. The van der Waals surface area contributed by atoms with Gasteiger partial charge in [-0.05, 0) is 18.2 Å². The van der Waals surface area contributed by atoms with Crippen molar-refractivity contribution in [3.63, 3.8) is 0 Å². The zero-order valence-corrected chi connectivity index (χ0v) is 9.80. The van der Waals surface area contributed by atoms with Crippen LogP contribution in [0.25, 0.3) is 0 Å². The lowest BCUT2D eigenvalue weighted by Crippen LogP contribution is -2.14. The number of rotatable bonds is 4. The number of hydrogen-bond acceptors (Lipinski definition) is 3. The molecule has 0 atom stereocenters. The van der Waals surface area contributed by atoms with Gasteiger partial charge in [0.15, 0.2) is 9.84 Å². The molecule has 0 aliphatic rings. The monoisotopic (exact) mass is 284 g/mol. The van der Waals surface area contributed by atoms with E-state index in [4.69, 9.17) is 16.7 Å². The summed E-state index contributed by atoms with van der Waals surface area (Å²) in [5.41, 5.74) is -0.289. The number of aromatic carboxylic acids is 1. The van der Waals surface area contributed by atoms with Crippen molar-refractivity contribution >= 4 is 27.4 Å². The summed E-state index contributed by atoms with van der Waals surface area (Å²) in [7, 11) is -4.15. The van der Waals surface area contributed by atoms with Crippen LogP contribution in [0.4, 0.5) is 8.78 Å². The molecule has 0 bridgehead atoms. The van der Waals surface area contributed by atoms with E-state index in [1.54, 1.807) is 0 Å². The molecular weight excluding hydrogens is 278 g/mol. The summed E-state index contributed by atoms with van der Waals surface area (Å²) >= 11 is 5.53. The first-order valence-corrected chi connectivity index (χ1v) is 6.31. The average Bonchev–Trinajstić information content (AvgIpc) is 2.14. The van der Waals surface area contributed by atoms with Crippen molar-refractivity contribution in [2.75, 3.05) is 5.75 Å². The first-order chi connectivity index (χ1) is 7.74. The molecule has 0 fully saturated rings. The van der Waals surface area contributed by atoms with Crippen LogP contribution >= 0.6 is 11.6 Å². The lowest BCUT2D eigenvalue weighted by atomic mass is 10.2. The minimum atomic E-state index is -4.15. The highest BCUT2D eigenvalue weighted by Crippen LogP contribution is 2.22. The Bertz CT molecular complexity index is 542. The molecule has 0 unspecified atom stereocenters. The van der Waals surface area contributed by atoms with E-state index in [9.17, 15) is 22.0 Å². The van der Waals surface area contributed by atoms with Crippen molar-refractivity contribution < 1.29 is 27.1 Å². The Balaban J connectivity index is 3.18. The van der Waals surface area contributed by atoms with Gasteiger partial charge in [-0.1, -0.05) is 11.6 Å². The number of alkyl halides is 2. The zero-order valence-electron chi connectivity index (χ0n) is 8.23. The summed E-state index contributed by atoms with van der Waals surface area (Å²) < 4.78 is 46.8. The molecule has 0 amide bonds. The topological polar surface area (TPSA) is 71.4 Å². The highest BCUT2D eigenvalue weighted by molar-refractivity contribution is 7.91. The van der Waals surface area contributed by atoms with E-state index in [1.165, 1.54) is 0 Å². The molecule has 0 spiro atoms. The molecule has 0 aliphatic carbocycles. The van der Waals surface area contributed by atoms with Gasteiger partial charge in [0.2, 0.25) is 0 Å². The van der Waals surface area contributed by atoms with Crippen LogP contribution < -0.4 is 0 Å².